The molecule has 1 nitrogen and oxygen atoms in total. The maximum Gasteiger partial charge on any atom is 0.130 e. The first-order valence-corrected chi connectivity index (χ1v) is 6.34. The molecule has 0 aliphatic rings. The minimum Gasteiger partial charge on any atom is -0.320 e. The molecule has 94 valence electrons. The predicted octanol–water partition coefficient (Wildman–Crippen LogP) is 3.79. The molecule has 1 rings (SSSR count). The number of aryl methyl sites for hydroxylation is 1. The van der Waals surface area contributed by atoms with E-state index in [1.807, 2.05) is 13.1 Å². The molecule has 0 aromatic heterocycles. The molecule has 0 amide bonds. The minimum absolute atomic E-state index is 0.160. The molecule has 17 heavy (non-hydrogen) atoms. The number of halogens is 1. The van der Waals surface area contributed by atoms with Crippen LogP contribution in [0, 0.1) is 5.82 Å². The fourth-order valence-corrected chi connectivity index (χ4v) is 2.00. The standard InChI is InChI=1S/C15H22FN/c1-3-14-13(10-8-11-15(14)16)9-6-4-5-7-12-17-2/h3,8,10-11,17H,1,4-7,9,12H2,2H3. The lowest BCUT2D eigenvalue weighted by atomic mass is 10.0. The molecule has 1 aromatic carbocycles. The van der Waals surface area contributed by atoms with Crippen LogP contribution < -0.4 is 5.32 Å². The summed E-state index contributed by atoms with van der Waals surface area (Å²) in [5, 5.41) is 3.14. The number of hydrogen-bond donors (Lipinski definition) is 1. The first-order valence-electron chi connectivity index (χ1n) is 6.34. The van der Waals surface area contributed by atoms with Crippen LogP contribution in [0.5, 0.6) is 0 Å². The lowest BCUT2D eigenvalue weighted by Crippen LogP contribution is -2.06. The van der Waals surface area contributed by atoms with E-state index in [0.717, 1.165) is 24.9 Å². The highest BCUT2D eigenvalue weighted by Gasteiger charge is 2.04. The Kier molecular flexibility index (Phi) is 6.56. The highest BCUT2D eigenvalue weighted by atomic mass is 19.1. The Bertz CT molecular complexity index is 347. The summed E-state index contributed by atoms with van der Waals surface area (Å²) in [5.41, 5.74) is 1.75. The van der Waals surface area contributed by atoms with Gasteiger partial charge in [0.1, 0.15) is 5.82 Å². The molecule has 2 heteroatoms. The van der Waals surface area contributed by atoms with Gasteiger partial charge in [-0.15, -0.1) is 0 Å². The van der Waals surface area contributed by atoms with Crippen molar-refractivity contribution in [2.45, 2.75) is 32.1 Å². The van der Waals surface area contributed by atoms with Crippen molar-refractivity contribution in [1.82, 2.24) is 5.32 Å². The van der Waals surface area contributed by atoms with Gasteiger partial charge in [0, 0.05) is 5.56 Å². The Morgan fingerprint density at radius 3 is 2.71 bits per heavy atom. The van der Waals surface area contributed by atoms with E-state index < -0.39 is 0 Å². The number of hydrogen-bond acceptors (Lipinski definition) is 1. The second-order valence-corrected chi connectivity index (χ2v) is 4.28. The van der Waals surface area contributed by atoms with Crippen LogP contribution in [0.2, 0.25) is 0 Å². The molecule has 0 saturated heterocycles. The molecule has 0 spiro atoms. The number of unbranched alkanes of at least 4 members (excludes halogenated alkanes) is 3. The van der Waals surface area contributed by atoms with E-state index in [2.05, 4.69) is 11.9 Å². The van der Waals surface area contributed by atoms with Crippen molar-refractivity contribution in [3.8, 4) is 0 Å². The zero-order chi connectivity index (χ0) is 12.5. The molecule has 0 fully saturated rings. The summed E-state index contributed by atoms with van der Waals surface area (Å²) < 4.78 is 13.4. The highest BCUT2D eigenvalue weighted by Crippen LogP contribution is 2.17. The summed E-state index contributed by atoms with van der Waals surface area (Å²) in [5.74, 6) is -0.160. The molecular formula is C15H22FN. The fourth-order valence-electron chi connectivity index (χ4n) is 2.00. The molecular weight excluding hydrogens is 213 g/mol. The van der Waals surface area contributed by atoms with Gasteiger partial charge in [0.2, 0.25) is 0 Å². The molecule has 0 saturated carbocycles. The summed E-state index contributed by atoms with van der Waals surface area (Å²) in [6, 6.07) is 5.26. The molecule has 0 unspecified atom stereocenters. The topological polar surface area (TPSA) is 12.0 Å². The molecule has 0 bridgehead atoms. The first-order chi connectivity index (χ1) is 8.29. The van der Waals surface area contributed by atoms with Crippen LogP contribution in [-0.4, -0.2) is 13.6 Å². The third kappa shape index (κ3) is 4.70. The van der Waals surface area contributed by atoms with Gasteiger partial charge < -0.3 is 5.32 Å². The van der Waals surface area contributed by atoms with Gasteiger partial charge in [-0.3, -0.25) is 0 Å². The summed E-state index contributed by atoms with van der Waals surface area (Å²) >= 11 is 0. The van der Waals surface area contributed by atoms with E-state index in [9.17, 15) is 4.39 Å². The van der Waals surface area contributed by atoms with Crippen molar-refractivity contribution < 1.29 is 4.39 Å². The van der Waals surface area contributed by atoms with Gasteiger partial charge in [-0.2, -0.15) is 0 Å². The summed E-state index contributed by atoms with van der Waals surface area (Å²) in [7, 11) is 1.98. The van der Waals surface area contributed by atoms with Crippen LogP contribution in [0.3, 0.4) is 0 Å². The Labute approximate surface area is 104 Å². The molecule has 0 aliphatic carbocycles. The lowest BCUT2D eigenvalue weighted by Gasteiger charge is -2.07. The van der Waals surface area contributed by atoms with Gasteiger partial charge in [-0.05, 0) is 44.5 Å². The van der Waals surface area contributed by atoms with Gasteiger partial charge in [0.15, 0.2) is 0 Å². The normalized spacial score (nSPS) is 10.5. The quantitative estimate of drug-likeness (QED) is 0.676. The number of benzene rings is 1. The summed E-state index contributed by atoms with van der Waals surface area (Å²) in [6.45, 7) is 4.75. The van der Waals surface area contributed by atoms with Crippen molar-refractivity contribution in [2.75, 3.05) is 13.6 Å². The monoisotopic (exact) mass is 235 g/mol. The van der Waals surface area contributed by atoms with Crippen molar-refractivity contribution in [1.29, 1.82) is 0 Å². The average molecular weight is 235 g/mol. The maximum atomic E-state index is 13.4. The van der Waals surface area contributed by atoms with Crippen molar-refractivity contribution in [3.63, 3.8) is 0 Å². The molecule has 0 heterocycles. The van der Waals surface area contributed by atoms with Crippen molar-refractivity contribution in [2.24, 2.45) is 0 Å². The molecule has 0 aliphatic heterocycles. The Morgan fingerprint density at radius 2 is 2.00 bits per heavy atom. The maximum absolute atomic E-state index is 13.4. The van der Waals surface area contributed by atoms with Gasteiger partial charge in [-0.25, -0.2) is 4.39 Å². The largest absolute Gasteiger partial charge is 0.320 e. The molecule has 1 N–H and O–H groups in total. The summed E-state index contributed by atoms with van der Waals surface area (Å²) in [6.07, 6.45) is 7.33. The Morgan fingerprint density at radius 1 is 1.24 bits per heavy atom. The van der Waals surface area contributed by atoms with Crippen LogP contribution in [0.1, 0.15) is 36.8 Å². The zero-order valence-electron chi connectivity index (χ0n) is 10.6. The van der Waals surface area contributed by atoms with Crippen LogP contribution >= 0.6 is 0 Å². The zero-order valence-corrected chi connectivity index (χ0v) is 10.6. The van der Waals surface area contributed by atoms with Crippen LogP contribution in [-0.2, 0) is 6.42 Å². The van der Waals surface area contributed by atoms with Crippen LogP contribution in [0.25, 0.3) is 6.08 Å². The minimum atomic E-state index is -0.160. The van der Waals surface area contributed by atoms with Gasteiger partial charge >= 0.3 is 0 Å². The predicted molar refractivity (Wildman–Crippen MR) is 72.6 cm³/mol. The van der Waals surface area contributed by atoms with E-state index >= 15 is 0 Å². The van der Waals surface area contributed by atoms with E-state index in [0.29, 0.717) is 5.56 Å². The lowest BCUT2D eigenvalue weighted by molar-refractivity contribution is 0.607. The number of rotatable bonds is 8. The SMILES string of the molecule is C=Cc1c(F)cccc1CCCCCCNC. The van der Waals surface area contributed by atoms with Gasteiger partial charge in [-0.1, -0.05) is 37.6 Å². The average Bonchev–Trinajstić information content (AvgIpc) is 2.34. The van der Waals surface area contributed by atoms with E-state index in [1.54, 1.807) is 12.1 Å². The smallest absolute Gasteiger partial charge is 0.130 e. The van der Waals surface area contributed by atoms with Crippen LogP contribution in [0.15, 0.2) is 24.8 Å². The fraction of sp³-hybridized carbons (Fsp3) is 0.467. The van der Waals surface area contributed by atoms with Crippen molar-refractivity contribution >= 4 is 6.08 Å². The van der Waals surface area contributed by atoms with E-state index in [4.69, 9.17) is 0 Å². The third-order valence-electron chi connectivity index (χ3n) is 2.97. The van der Waals surface area contributed by atoms with Gasteiger partial charge in [0.25, 0.3) is 0 Å². The second kappa shape index (κ2) is 8.02. The van der Waals surface area contributed by atoms with E-state index in [1.165, 1.54) is 25.3 Å². The highest BCUT2D eigenvalue weighted by molar-refractivity contribution is 5.52. The van der Waals surface area contributed by atoms with E-state index in [-0.39, 0.29) is 5.82 Å². The first kappa shape index (κ1) is 13.9. The Hall–Kier alpha value is -1.15. The summed E-state index contributed by atoms with van der Waals surface area (Å²) in [4.78, 5) is 0. The third-order valence-corrected chi connectivity index (χ3v) is 2.97. The van der Waals surface area contributed by atoms with Crippen molar-refractivity contribution in [3.05, 3.63) is 41.7 Å². The van der Waals surface area contributed by atoms with Gasteiger partial charge in [0.05, 0.1) is 0 Å². The molecule has 1 aromatic rings. The second-order valence-electron chi connectivity index (χ2n) is 4.28. The Balaban J connectivity index is 2.36. The van der Waals surface area contributed by atoms with Crippen LogP contribution in [0.4, 0.5) is 4.39 Å². The molecule has 0 radical (unpaired) electrons. The number of nitrogens with one attached hydrogen (secondary N) is 1. The molecule has 0 atom stereocenters.